The molecule has 0 amide bonds. The summed E-state index contributed by atoms with van der Waals surface area (Å²) in [6, 6.07) is 0. The second kappa shape index (κ2) is 8.97. The first kappa shape index (κ1) is 15.9. The Hall–Kier alpha value is -0.120. The van der Waals surface area contributed by atoms with Crippen LogP contribution in [-0.2, 0) is 0 Å². The van der Waals surface area contributed by atoms with Gasteiger partial charge in [-0.1, -0.05) is 13.8 Å². The molecule has 16 heavy (non-hydrogen) atoms. The summed E-state index contributed by atoms with van der Waals surface area (Å²) in [7, 11) is 6.13. The molecule has 98 valence electrons. The standard InChI is InChI=1S/C13H31N3/c1-12(2)13(6-9-14-3,7-10-15-4)8-11-16-5/h12,14-16H,6-11H2,1-5H3. The summed E-state index contributed by atoms with van der Waals surface area (Å²) >= 11 is 0. The summed E-state index contributed by atoms with van der Waals surface area (Å²) < 4.78 is 0. The monoisotopic (exact) mass is 229 g/mol. The van der Waals surface area contributed by atoms with E-state index in [-0.39, 0.29) is 0 Å². The normalized spacial score (nSPS) is 12.4. The quantitative estimate of drug-likeness (QED) is 0.531. The first-order chi connectivity index (χ1) is 7.63. The van der Waals surface area contributed by atoms with Crippen molar-refractivity contribution in [2.75, 3.05) is 40.8 Å². The van der Waals surface area contributed by atoms with E-state index < -0.39 is 0 Å². The van der Waals surface area contributed by atoms with Crippen molar-refractivity contribution in [2.24, 2.45) is 11.3 Å². The molecular formula is C13H31N3. The molecule has 0 atom stereocenters. The molecule has 0 aliphatic carbocycles. The van der Waals surface area contributed by atoms with Crippen molar-refractivity contribution >= 4 is 0 Å². The molecular weight excluding hydrogens is 198 g/mol. The maximum Gasteiger partial charge on any atom is -0.00465 e. The lowest BCUT2D eigenvalue weighted by molar-refractivity contribution is 0.139. The predicted octanol–water partition coefficient (Wildman–Crippen LogP) is 1.46. The Labute approximate surface area is 102 Å². The largest absolute Gasteiger partial charge is 0.320 e. The van der Waals surface area contributed by atoms with Crippen LogP contribution in [0.4, 0.5) is 0 Å². The minimum absolute atomic E-state index is 0.467. The minimum atomic E-state index is 0.467. The highest BCUT2D eigenvalue weighted by molar-refractivity contribution is 4.84. The molecule has 0 saturated carbocycles. The highest BCUT2D eigenvalue weighted by Gasteiger charge is 2.31. The lowest BCUT2D eigenvalue weighted by Gasteiger charge is -2.38. The highest BCUT2D eigenvalue weighted by Crippen LogP contribution is 2.38. The van der Waals surface area contributed by atoms with Crippen LogP contribution in [-0.4, -0.2) is 40.8 Å². The zero-order valence-corrected chi connectivity index (χ0v) is 11.8. The topological polar surface area (TPSA) is 36.1 Å². The Balaban J connectivity index is 4.46. The second-order valence-corrected chi connectivity index (χ2v) is 5.08. The molecule has 0 saturated heterocycles. The van der Waals surface area contributed by atoms with Crippen molar-refractivity contribution < 1.29 is 0 Å². The summed E-state index contributed by atoms with van der Waals surface area (Å²) in [5, 5.41) is 9.87. The van der Waals surface area contributed by atoms with E-state index in [0.29, 0.717) is 5.41 Å². The third-order valence-corrected chi connectivity index (χ3v) is 3.84. The van der Waals surface area contributed by atoms with Crippen LogP contribution in [0.25, 0.3) is 0 Å². The first-order valence-electron chi connectivity index (χ1n) is 6.56. The van der Waals surface area contributed by atoms with Crippen LogP contribution >= 0.6 is 0 Å². The van der Waals surface area contributed by atoms with E-state index in [9.17, 15) is 0 Å². The maximum absolute atomic E-state index is 3.29. The van der Waals surface area contributed by atoms with Gasteiger partial charge in [0.15, 0.2) is 0 Å². The third-order valence-electron chi connectivity index (χ3n) is 3.84. The van der Waals surface area contributed by atoms with E-state index in [1.165, 1.54) is 19.3 Å². The zero-order chi connectivity index (χ0) is 12.4. The van der Waals surface area contributed by atoms with Gasteiger partial charge in [0, 0.05) is 0 Å². The molecule has 0 bridgehead atoms. The molecule has 0 aromatic carbocycles. The van der Waals surface area contributed by atoms with Gasteiger partial charge in [0.1, 0.15) is 0 Å². The lowest BCUT2D eigenvalue weighted by atomic mass is 9.69. The number of nitrogens with one attached hydrogen (secondary N) is 3. The Bertz CT molecular complexity index is 135. The second-order valence-electron chi connectivity index (χ2n) is 5.08. The molecule has 0 aliphatic heterocycles. The van der Waals surface area contributed by atoms with Gasteiger partial charge in [-0.25, -0.2) is 0 Å². The molecule has 0 rings (SSSR count). The van der Waals surface area contributed by atoms with Crippen LogP contribution in [0.2, 0.25) is 0 Å². The van der Waals surface area contributed by atoms with Gasteiger partial charge >= 0.3 is 0 Å². The molecule has 0 heterocycles. The molecule has 3 N–H and O–H groups in total. The molecule has 3 nitrogen and oxygen atoms in total. The number of rotatable bonds is 10. The number of hydrogen-bond acceptors (Lipinski definition) is 3. The van der Waals surface area contributed by atoms with Crippen LogP contribution in [0.15, 0.2) is 0 Å². The summed E-state index contributed by atoms with van der Waals surface area (Å²) in [6.07, 6.45) is 3.81. The van der Waals surface area contributed by atoms with E-state index in [2.05, 4.69) is 29.8 Å². The summed E-state index contributed by atoms with van der Waals surface area (Å²) in [6.45, 7) is 8.07. The van der Waals surface area contributed by atoms with Gasteiger partial charge in [0.2, 0.25) is 0 Å². The fourth-order valence-corrected chi connectivity index (χ4v) is 2.36. The number of hydrogen-bond donors (Lipinski definition) is 3. The summed E-state index contributed by atoms with van der Waals surface area (Å²) in [4.78, 5) is 0. The van der Waals surface area contributed by atoms with E-state index in [4.69, 9.17) is 0 Å². The van der Waals surface area contributed by atoms with Crippen molar-refractivity contribution in [1.82, 2.24) is 16.0 Å². The Morgan fingerprint density at radius 1 is 0.750 bits per heavy atom. The van der Waals surface area contributed by atoms with Gasteiger partial charge in [-0.05, 0) is 71.4 Å². The average Bonchev–Trinajstić information content (AvgIpc) is 2.28. The molecule has 0 radical (unpaired) electrons. The van der Waals surface area contributed by atoms with Crippen molar-refractivity contribution in [3.8, 4) is 0 Å². The van der Waals surface area contributed by atoms with Crippen molar-refractivity contribution in [3.05, 3.63) is 0 Å². The van der Waals surface area contributed by atoms with Gasteiger partial charge in [0.05, 0.1) is 0 Å². The molecule has 0 aromatic heterocycles. The van der Waals surface area contributed by atoms with Gasteiger partial charge in [0.25, 0.3) is 0 Å². The predicted molar refractivity (Wildman–Crippen MR) is 72.9 cm³/mol. The van der Waals surface area contributed by atoms with Crippen LogP contribution in [0.3, 0.4) is 0 Å². The van der Waals surface area contributed by atoms with Crippen molar-refractivity contribution in [1.29, 1.82) is 0 Å². The van der Waals surface area contributed by atoms with Crippen LogP contribution in [0.1, 0.15) is 33.1 Å². The fraction of sp³-hybridized carbons (Fsp3) is 1.00. The van der Waals surface area contributed by atoms with Crippen LogP contribution < -0.4 is 16.0 Å². The smallest absolute Gasteiger partial charge is 0.00465 e. The highest BCUT2D eigenvalue weighted by atomic mass is 14.8. The van der Waals surface area contributed by atoms with E-state index in [1.807, 2.05) is 21.1 Å². The van der Waals surface area contributed by atoms with Crippen LogP contribution in [0.5, 0.6) is 0 Å². The van der Waals surface area contributed by atoms with Gasteiger partial charge in [-0.3, -0.25) is 0 Å². The van der Waals surface area contributed by atoms with Gasteiger partial charge in [-0.15, -0.1) is 0 Å². The first-order valence-corrected chi connectivity index (χ1v) is 6.56. The van der Waals surface area contributed by atoms with Gasteiger partial charge in [-0.2, -0.15) is 0 Å². The minimum Gasteiger partial charge on any atom is -0.320 e. The maximum atomic E-state index is 3.29. The van der Waals surface area contributed by atoms with E-state index >= 15 is 0 Å². The molecule has 0 fully saturated rings. The average molecular weight is 229 g/mol. The van der Waals surface area contributed by atoms with Crippen LogP contribution in [0, 0.1) is 11.3 Å². The molecule has 0 unspecified atom stereocenters. The Morgan fingerprint density at radius 3 is 1.25 bits per heavy atom. The molecule has 0 aromatic rings. The lowest BCUT2D eigenvalue weighted by Crippen LogP contribution is -2.36. The molecule has 0 spiro atoms. The van der Waals surface area contributed by atoms with Crippen molar-refractivity contribution in [2.45, 2.75) is 33.1 Å². The van der Waals surface area contributed by atoms with E-state index in [1.54, 1.807) is 0 Å². The third kappa shape index (κ3) is 5.28. The zero-order valence-electron chi connectivity index (χ0n) is 11.8. The molecule has 3 heteroatoms. The van der Waals surface area contributed by atoms with Gasteiger partial charge < -0.3 is 16.0 Å². The van der Waals surface area contributed by atoms with Crippen molar-refractivity contribution in [3.63, 3.8) is 0 Å². The molecule has 0 aliphatic rings. The Morgan fingerprint density at radius 2 is 1.06 bits per heavy atom. The SMILES string of the molecule is CNCCC(CCNC)(CCNC)C(C)C. The summed E-state index contributed by atoms with van der Waals surface area (Å²) in [5.74, 6) is 0.738. The Kier molecular flexibility index (Phi) is 8.90. The fourth-order valence-electron chi connectivity index (χ4n) is 2.36. The summed E-state index contributed by atoms with van der Waals surface area (Å²) in [5.41, 5.74) is 0.467. The van der Waals surface area contributed by atoms with E-state index in [0.717, 1.165) is 25.6 Å².